The van der Waals surface area contributed by atoms with Gasteiger partial charge in [0.25, 0.3) is 5.91 Å². The average Bonchev–Trinajstić information content (AvgIpc) is 3.38. The number of hydrogen-bond acceptors (Lipinski definition) is 3. The second-order valence-corrected chi connectivity index (χ2v) is 6.56. The zero-order chi connectivity index (χ0) is 18.4. The Morgan fingerprint density at radius 3 is 2.74 bits per heavy atom. The summed E-state index contributed by atoms with van der Waals surface area (Å²) in [4.78, 5) is 17.2. The number of nitrogens with zero attached hydrogens (tertiary/aromatic N) is 4. The van der Waals surface area contributed by atoms with E-state index in [0.717, 1.165) is 47.2 Å². The van der Waals surface area contributed by atoms with Crippen LogP contribution in [0, 0.1) is 5.82 Å². The normalized spacial score (nSPS) is 13.1. The number of carbonyl (C=O) groups is 1. The van der Waals surface area contributed by atoms with Crippen molar-refractivity contribution < 1.29 is 9.18 Å². The van der Waals surface area contributed by atoms with E-state index in [4.69, 9.17) is 0 Å². The topological polar surface area (TPSA) is 64.7 Å². The molecule has 0 aliphatic heterocycles. The summed E-state index contributed by atoms with van der Waals surface area (Å²) in [6, 6.07) is 13.7. The number of hydrogen-bond donors (Lipinski definition) is 1. The van der Waals surface area contributed by atoms with Gasteiger partial charge in [0.15, 0.2) is 5.69 Å². The third kappa shape index (κ3) is 2.59. The van der Waals surface area contributed by atoms with Crippen LogP contribution in [0.2, 0.25) is 0 Å². The van der Waals surface area contributed by atoms with E-state index in [-0.39, 0.29) is 11.7 Å². The number of imidazole rings is 1. The molecular weight excluding hydrogens is 345 g/mol. The van der Waals surface area contributed by atoms with Crippen LogP contribution in [0.5, 0.6) is 0 Å². The second-order valence-electron chi connectivity index (χ2n) is 6.56. The average molecular weight is 361 g/mol. The highest BCUT2D eigenvalue weighted by atomic mass is 19.1. The molecule has 0 saturated heterocycles. The zero-order valence-corrected chi connectivity index (χ0v) is 14.4. The molecule has 0 unspecified atom stereocenters. The lowest BCUT2D eigenvalue weighted by molar-refractivity contribution is 0.100. The molecule has 0 radical (unpaired) electrons. The minimum atomic E-state index is -0.299. The molecule has 1 amide bonds. The molecule has 0 bridgehead atoms. The third-order valence-electron chi connectivity index (χ3n) is 4.89. The second kappa shape index (κ2) is 6.05. The van der Waals surface area contributed by atoms with Crippen LogP contribution in [-0.4, -0.2) is 25.3 Å². The van der Waals surface area contributed by atoms with Crippen LogP contribution in [-0.2, 0) is 12.8 Å². The highest BCUT2D eigenvalue weighted by Crippen LogP contribution is 2.28. The van der Waals surface area contributed by atoms with Gasteiger partial charge in [0.2, 0.25) is 0 Å². The molecule has 6 nitrogen and oxygen atoms in total. The van der Waals surface area contributed by atoms with Gasteiger partial charge in [-0.2, -0.15) is 5.10 Å². The molecule has 4 aromatic rings. The van der Waals surface area contributed by atoms with E-state index < -0.39 is 0 Å². The lowest BCUT2D eigenvalue weighted by Gasteiger charge is -2.06. The van der Waals surface area contributed by atoms with Crippen molar-refractivity contribution >= 4 is 16.9 Å². The number of aromatic nitrogens is 4. The molecule has 2 aromatic heterocycles. The standard InChI is InChI=1S/C20H16FN5O/c21-13-8-10-14(11-9-13)26-17-7-3-4-15(17)19(23-26)20(27)24-25-12-22-16-5-1-2-6-18(16)25/h1-2,5-6,8-12H,3-4,7H2,(H,24,27). The van der Waals surface area contributed by atoms with E-state index >= 15 is 0 Å². The minimum Gasteiger partial charge on any atom is -0.266 e. The van der Waals surface area contributed by atoms with Gasteiger partial charge in [-0.25, -0.2) is 18.7 Å². The molecule has 2 aromatic carbocycles. The van der Waals surface area contributed by atoms with E-state index in [0.29, 0.717) is 5.69 Å². The number of fused-ring (bicyclic) bond motifs is 2. The fourth-order valence-electron chi connectivity index (χ4n) is 3.63. The first-order chi connectivity index (χ1) is 13.2. The van der Waals surface area contributed by atoms with Crippen LogP contribution >= 0.6 is 0 Å². The minimum absolute atomic E-state index is 0.280. The molecular formula is C20H16FN5O. The summed E-state index contributed by atoms with van der Waals surface area (Å²) in [7, 11) is 0. The summed E-state index contributed by atoms with van der Waals surface area (Å²) in [5.74, 6) is -0.579. The summed E-state index contributed by atoms with van der Waals surface area (Å²) in [6.07, 6.45) is 4.22. The van der Waals surface area contributed by atoms with Crippen LogP contribution in [0.15, 0.2) is 54.9 Å². The number of rotatable bonds is 3. The monoisotopic (exact) mass is 361 g/mol. The number of carbonyl (C=O) groups excluding carboxylic acids is 1. The molecule has 7 heteroatoms. The van der Waals surface area contributed by atoms with Crippen molar-refractivity contribution in [3.05, 3.63) is 77.6 Å². The quantitative estimate of drug-likeness (QED) is 0.609. The van der Waals surface area contributed by atoms with E-state index in [1.165, 1.54) is 12.1 Å². The van der Waals surface area contributed by atoms with Gasteiger partial charge in [-0.05, 0) is 55.7 Å². The highest BCUT2D eigenvalue weighted by molar-refractivity contribution is 6.00. The Labute approximate surface area is 154 Å². The number of amides is 1. The van der Waals surface area contributed by atoms with Crippen LogP contribution < -0.4 is 5.43 Å². The van der Waals surface area contributed by atoms with Crippen molar-refractivity contribution in [1.29, 1.82) is 0 Å². The molecule has 0 fully saturated rings. The fourth-order valence-corrected chi connectivity index (χ4v) is 3.63. The van der Waals surface area contributed by atoms with Gasteiger partial charge in [-0.3, -0.25) is 10.2 Å². The van der Waals surface area contributed by atoms with Gasteiger partial charge in [0.05, 0.1) is 16.7 Å². The van der Waals surface area contributed by atoms with Crippen molar-refractivity contribution in [1.82, 2.24) is 19.4 Å². The molecule has 2 heterocycles. The summed E-state index contributed by atoms with van der Waals surface area (Å²) < 4.78 is 16.6. The lowest BCUT2D eigenvalue weighted by Crippen LogP contribution is -2.23. The van der Waals surface area contributed by atoms with E-state index in [1.807, 2.05) is 24.3 Å². The molecule has 134 valence electrons. The maximum absolute atomic E-state index is 13.2. The first kappa shape index (κ1) is 15.7. The van der Waals surface area contributed by atoms with Crippen LogP contribution in [0.1, 0.15) is 28.2 Å². The predicted octanol–water partition coefficient (Wildman–Crippen LogP) is 3.23. The number of halogens is 1. The van der Waals surface area contributed by atoms with E-state index in [2.05, 4.69) is 15.5 Å². The Morgan fingerprint density at radius 2 is 1.89 bits per heavy atom. The Morgan fingerprint density at radius 1 is 1.07 bits per heavy atom. The van der Waals surface area contributed by atoms with E-state index in [9.17, 15) is 9.18 Å². The van der Waals surface area contributed by atoms with Crippen LogP contribution in [0.4, 0.5) is 4.39 Å². The molecule has 1 N–H and O–H groups in total. The van der Waals surface area contributed by atoms with Crippen molar-refractivity contribution in [2.75, 3.05) is 5.43 Å². The van der Waals surface area contributed by atoms with Gasteiger partial charge < -0.3 is 0 Å². The van der Waals surface area contributed by atoms with Crippen molar-refractivity contribution in [2.24, 2.45) is 0 Å². The number of para-hydroxylation sites is 2. The summed E-state index contributed by atoms with van der Waals surface area (Å²) in [5, 5.41) is 4.54. The van der Waals surface area contributed by atoms with E-state index in [1.54, 1.807) is 27.8 Å². The largest absolute Gasteiger partial charge is 0.290 e. The summed E-state index contributed by atoms with van der Waals surface area (Å²) >= 11 is 0. The van der Waals surface area contributed by atoms with Gasteiger partial charge in [0.1, 0.15) is 12.1 Å². The molecule has 0 saturated carbocycles. The number of nitrogens with one attached hydrogen (secondary N) is 1. The summed E-state index contributed by atoms with van der Waals surface area (Å²) in [5.41, 5.74) is 7.62. The van der Waals surface area contributed by atoms with Crippen molar-refractivity contribution in [2.45, 2.75) is 19.3 Å². The number of benzene rings is 2. The Kier molecular flexibility index (Phi) is 3.53. The molecule has 1 aliphatic rings. The van der Waals surface area contributed by atoms with Gasteiger partial charge >= 0.3 is 0 Å². The molecule has 5 rings (SSSR count). The summed E-state index contributed by atoms with van der Waals surface area (Å²) in [6.45, 7) is 0. The van der Waals surface area contributed by atoms with Gasteiger partial charge in [-0.15, -0.1) is 0 Å². The predicted molar refractivity (Wildman–Crippen MR) is 99.0 cm³/mol. The maximum atomic E-state index is 13.2. The highest BCUT2D eigenvalue weighted by Gasteiger charge is 2.27. The van der Waals surface area contributed by atoms with Crippen molar-refractivity contribution in [3.8, 4) is 5.69 Å². The smallest absolute Gasteiger partial charge is 0.266 e. The van der Waals surface area contributed by atoms with Crippen LogP contribution in [0.25, 0.3) is 16.7 Å². The molecule has 27 heavy (non-hydrogen) atoms. The zero-order valence-electron chi connectivity index (χ0n) is 14.4. The van der Waals surface area contributed by atoms with Crippen molar-refractivity contribution in [3.63, 3.8) is 0 Å². The lowest BCUT2D eigenvalue weighted by atomic mass is 10.2. The first-order valence-corrected chi connectivity index (χ1v) is 8.81. The van der Waals surface area contributed by atoms with Gasteiger partial charge in [0, 0.05) is 11.3 Å². The third-order valence-corrected chi connectivity index (χ3v) is 4.89. The SMILES string of the molecule is O=C(Nn1cnc2ccccc21)c1nn(-c2ccc(F)cc2)c2c1CCC2. The molecule has 0 atom stereocenters. The fraction of sp³-hybridized carbons (Fsp3) is 0.150. The molecule has 0 spiro atoms. The maximum Gasteiger partial charge on any atom is 0.290 e. The Bertz CT molecular complexity index is 1160. The Balaban J connectivity index is 1.52. The van der Waals surface area contributed by atoms with Crippen LogP contribution in [0.3, 0.4) is 0 Å². The molecule has 1 aliphatic carbocycles. The van der Waals surface area contributed by atoms with Gasteiger partial charge in [-0.1, -0.05) is 12.1 Å². The first-order valence-electron chi connectivity index (χ1n) is 8.81. The Hall–Kier alpha value is -3.48.